The summed E-state index contributed by atoms with van der Waals surface area (Å²) in [6, 6.07) is 1.73. The Balaban J connectivity index is 1.71. The second-order valence-corrected chi connectivity index (χ2v) is 7.55. The average Bonchev–Trinajstić information content (AvgIpc) is 2.97. The van der Waals surface area contributed by atoms with Gasteiger partial charge in [0.1, 0.15) is 5.52 Å². The molecule has 1 N–H and O–H groups in total. The lowest BCUT2D eigenvalue weighted by atomic mass is 9.61. The first kappa shape index (κ1) is 16.9. The minimum absolute atomic E-state index is 0.0210. The summed E-state index contributed by atoms with van der Waals surface area (Å²) in [7, 11) is 0. The molecule has 2 bridgehead atoms. The van der Waals surface area contributed by atoms with Crippen LogP contribution in [0.4, 0.5) is 5.82 Å². The van der Waals surface area contributed by atoms with Crippen molar-refractivity contribution < 1.29 is 9.53 Å². The van der Waals surface area contributed by atoms with Crippen LogP contribution in [0.15, 0.2) is 12.3 Å². The Bertz CT molecular complexity index is 801. The van der Waals surface area contributed by atoms with E-state index in [0.717, 1.165) is 25.7 Å². The summed E-state index contributed by atoms with van der Waals surface area (Å²) in [6.07, 6.45) is 6.13. The first-order valence-electron chi connectivity index (χ1n) is 8.72. The van der Waals surface area contributed by atoms with Crippen molar-refractivity contribution in [2.24, 2.45) is 17.8 Å². The summed E-state index contributed by atoms with van der Waals surface area (Å²) in [4.78, 5) is 16.9. The average molecular weight is 383 g/mol. The topological polar surface area (TPSA) is 68.5 Å². The van der Waals surface area contributed by atoms with Gasteiger partial charge >= 0.3 is 5.97 Å². The van der Waals surface area contributed by atoms with Gasteiger partial charge in [-0.2, -0.15) is 4.98 Å². The zero-order chi connectivity index (χ0) is 17.6. The van der Waals surface area contributed by atoms with E-state index in [1.54, 1.807) is 16.8 Å². The fourth-order valence-corrected chi connectivity index (χ4v) is 4.85. The van der Waals surface area contributed by atoms with Crippen molar-refractivity contribution in [2.75, 3.05) is 11.9 Å². The predicted molar refractivity (Wildman–Crippen MR) is 96.0 cm³/mol. The molecule has 3 aliphatic rings. The number of carbonyl (C=O) groups is 1. The van der Waals surface area contributed by atoms with Crippen molar-refractivity contribution in [2.45, 2.75) is 38.6 Å². The van der Waals surface area contributed by atoms with E-state index in [4.69, 9.17) is 27.9 Å². The maximum atomic E-state index is 12.6. The molecule has 0 spiro atoms. The second-order valence-electron chi connectivity index (χ2n) is 6.81. The van der Waals surface area contributed by atoms with Crippen LogP contribution in [0.5, 0.6) is 0 Å². The van der Waals surface area contributed by atoms with Crippen molar-refractivity contribution in [1.29, 1.82) is 0 Å². The number of fused-ring (bicyclic) bond motifs is 4. The van der Waals surface area contributed by atoms with Crippen molar-refractivity contribution in [1.82, 2.24) is 14.6 Å². The molecule has 2 atom stereocenters. The van der Waals surface area contributed by atoms with Gasteiger partial charge in [0.15, 0.2) is 5.82 Å². The Morgan fingerprint density at radius 3 is 2.76 bits per heavy atom. The lowest BCUT2D eigenvalue weighted by molar-refractivity contribution is -0.154. The molecular weight excluding hydrogens is 363 g/mol. The van der Waals surface area contributed by atoms with Gasteiger partial charge in [0.2, 0.25) is 5.28 Å². The highest BCUT2D eigenvalue weighted by atomic mass is 35.5. The Morgan fingerprint density at radius 1 is 1.32 bits per heavy atom. The number of aromatic nitrogens is 3. The summed E-state index contributed by atoms with van der Waals surface area (Å²) >= 11 is 12.4. The lowest BCUT2D eigenvalue weighted by Gasteiger charge is -2.47. The molecule has 5 rings (SSSR count). The monoisotopic (exact) mass is 382 g/mol. The number of halogens is 2. The third-order valence-corrected chi connectivity index (χ3v) is 5.98. The van der Waals surface area contributed by atoms with E-state index in [9.17, 15) is 4.79 Å². The fourth-order valence-electron chi connectivity index (χ4n) is 4.45. The van der Waals surface area contributed by atoms with E-state index < -0.39 is 0 Å². The molecule has 0 aromatic carbocycles. The van der Waals surface area contributed by atoms with Gasteiger partial charge < -0.3 is 10.1 Å². The van der Waals surface area contributed by atoms with Gasteiger partial charge in [-0.15, -0.1) is 5.10 Å². The van der Waals surface area contributed by atoms with Gasteiger partial charge in [-0.1, -0.05) is 11.6 Å². The molecule has 0 amide bonds. The maximum absolute atomic E-state index is 12.6. The lowest BCUT2D eigenvalue weighted by Crippen LogP contribution is -2.52. The van der Waals surface area contributed by atoms with E-state index in [1.807, 2.05) is 6.92 Å². The van der Waals surface area contributed by atoms with Crippen LogP contribution in [0.2, 0.25) is 10.3 Å². The van der Waals surface area contributed by atoms with Gasteiger partial charge in [0, 0.05) is 12.2 Å². The smallest absolute Gasteiger partial charge is 0.311 e. The molecule has 25 heavy (non-hydrogen) atoms. The Kier molecular flexibility index (Phi) is 4.50. The molecule has 2 aromatic rings. The van der Waals surface area contributed by atoms with Crippen LogP contribution >= 0.6 is 23.2 Å². The highest BCUT2D eigenvalue weighted by Crippen LogP contribution is 2.47. The van der Waals surface area contributed by atoms with E-state index in [2.05, 4.69) is 15.4 Å². The van der Waals surface area contributed by atoms with Crippen LogP contribution < -0.4 is 5.32 Å². The van der Waals surface area contributed by atoms with Crippen molar-refractivity contribution in [3.8, 4) is 0 Å². The predicted octanol–water partition coefficient (Wildman–Crippen LogP) is 3.82. The minimum atomic E-state index is -0.157. The number of anilines is 1. The van der Waals surface area contributed by atoms with E-state index >= 15 is 0 Å². The summed E-state index contributed by atoms with van der Waals surface area (Å²) < 4.78 is 6.96. The molecule has 6 nitrogen and oxygen atoms in total. The molecule has 3 fully saturated rings. The largest absolute Gasteiger partial charge is 0.466 e. The first-order valence-corrected chi connectivity index (χ1v) is 9.47. The fraction of sp³-hybridized carbons (Fsp3) is 0.588. The first-order chi connectivity index (χ1) is 12.1. The van der Waals surface area contributed by atoms with Crippen LogP contribution in [0.25, 0.3) is 5.52 Å². The van der Waals surface area contributed by atoms with Crippen LogP contribution in [-0.4, -0.2) is 33.2 Å². The zero-order valence-electron chi connectivity index (χ0n) is 13.9. The molecule has 0 saturated heterocycles. The van der Waals surface area contributed by atoms with Crippen molar-refractivity contribution >= 4 is 40.5 Å². The van der Waals surface area contributed by atoms with Crippen LogP contribution in [0.3, 0.4) is 0 Å². The maximum Gasteiger partial charge on any atom is 0.311 e. The minimum Gasteiger partial charge on any atom is -0.466 e. The number of hydrogen-bond donors (Lipinski definition) is 1. The molecule has 2 heterocycles. The molecule has 3 aliphatic carbocycles. The van der Waals surface area contributed by atoms with Gasteiger partial charge in [-0.3, -0.25) is 4.79 Å². The number of nitrogens with one attached hydrogen (secondary N) is 1. The van der Waals surface area contributed by atoms with E-state index in [0.29, 0.717) is 34.8 Å². The molecule has 0 unspecified atom stereocenters. The number of hydrogen-bond acceptors (Lipinski definition) is 5. The Hall–Kier alpha value is -1.53. The number of carbonyl (C=O) groups excluding carboxylic acids is 1. The van der Waals surface area contributed by atoms with Crippen LogP contribution in [0.1, 0.15) is 32.6 Å². The SMILES string of the molecule is CCOC(=O)[C@H]1[C@H]2CC[C@H](CC2)[C@@H]1Nc1nc(Cl)nn2ccc(Cl)c12. The van der Waals surface area contributed by atoms with Gasteiger partial charge in [0.05, 0.1) is 17.5 Å². The molecular formula is C17H20Cl2N4O2. The number of ether oxygens (including phenoxy) is 1. The number of esters is 1. The second kappa shape index (κ2) is 6.65. The van der Waals surface area contributed by atoms with E-state index in [1.165, 1.54) is 0 Å². The Labute approximate surface area is 155 Å². The highest BCUT2D eigenvalue weighted by Gasteiger charge is 2.48. The molecule has 2 aromatic heterocycles. The number of nitrogens with zero attached hydrogens (tertiary/aromatic N) is 3. The summed E-state index contributed by atoms with van der Waals surface area (Å²) in [5, 5.41) is 8.29. The molecule has 3 saturated carbocycles. The zero-order valence-corrected chi connectivity index (χ0v) is 15.4. The number of rotatable bonds is 4. The molecule has 8 heteroatoms. The van der Waals surface area contributed by atoms with Gasteiger partial charge in [-0.05, 0) is 62.1 Å². The van der Waals surface area contributed by atoms with Crippen molar-refractivity contribution in [3.63, 3.8) is 0 Å². The van der Waals surface area contributed by atoms with Crippen molar-refractivity contribution in [3.05, 3.63) is 22.6 Å². The van der Waals surface area contributed by atoms with Crippen LogP contribution in [0, 0.1) is 17.8 Å². The molecule has 0 radical (unpaired) electrons. The standard InChI is InChI=1S/C17H20Cl2N4O2/c1-2-25-16(24)12-9-3-5-10(6-4-9)13(12)20-15-14-11(18)7-8-23(14)22-17(19)21-15/h7-10,12-13H,2-6H2,1H3,(H,20,21,22)/t9-,10+,12-,13-/m0/s1. The summed E-state index contributed by atoms with van der Waals surface area (Å²) in [6.45, 7) is 2.24. The molecule has 0 aliphatic heterocycles. The quantitative estimate of drug-likeness (QED) is 0.813. The highest BCUT2D eigenvalue weighted by molar-refractivity contribution is 6.34. The van der Waals surface area contributed by atoms with Gasteiger partial charge in [-0.25, -0.2) is 4.52 Å². The van der Waals surface area contributed by atoms with E-state index in [-0.39, 0.29) is 23.2 Å². The summed E-state index contributed by atoms with van der Waals surface area (Å²) in [5.74, 6) is 1.07. The third-order valence-electron chi connectivity index (χ3n) is 5.52. The molecule has 134 valence electrons. The third kappa shape index (κ3) is 2.95. The van der Waals surface area contributed by atoms with Gasteiger partial charge in [0.25, 0.3) is 0 Å². The van der Waals surface area contributed by atoms with Crippen LogP contribution in [-0.2, 0) is 9.53 Å². The summed E-state index contributed by atoms with van der Waals surface area (Å²) in [5.41, 5.74) is 0.676. The Morgan fingerprint density at radius 2 is 2.04 bits per heavy atom. The normalized spacial score (nSPS) is 28.3.